The van der Waals surface area contributed by atoms with Crippen LogP contribution in [0.4, 0.5) is 0 Å². The van der Waals surface area contributed by atoms with Gasteiger partial charge in [-0.05, 0) is 18.3 Å². The maximum atomic E-state index is 12.4. The second-order valence-corrected chi connectivity index (χ2v) is 5.95. The number of hydrogen-bond acceptors (Lipinski definition) is 4. The lowest BCUT2D eigenvalue weighted by Crippen LogP contribution is -2.53. The Hall–Kier alpha value is -1.36. The van der Waals surface area contributed by atoms with Crippen LogP contribution in [0.25, 0.3) is 0 Å². The number of amides is 1. The summed E-state index contributed by atoms with van der Waals surface area (Å²) in [5.41, 5.74) is 5.65. The van der Waals surface area contributed by atoms with Gasteiger partial charge in [0.1, 0.15) is 12.6 Å². The van der Waals surface area contributed by atoms with Crippen LogP contribution in [0.5, 0.6) is 0 Å². The van der Waals surface area contributed by atoms with Gasteiger partial charge < -0.3 is 15.4 Å². The topological polar surface area (TPSA) is 72.6 Å². The Balaban J connectivity index is 2.73. The van der Waals surface area contributed by atoms with Crippen LogP contribution in [0.2, 0.25) is 0 Å². The summed E-state index contributed by atoms with van der Waals surface area (Å²) in [6.45, 7) is 9.97. The van der Waals surface area contributed by atoms with E-state index in [0.29, 0.717) is 13.0 Å². The van der Waals surface area contributed by atoms with E-state index < -0.39 is 12.1 Å². The molecule has 0 radical (unpaired) electrons. The van der Waals surface area contributed by atoms with Gasteiger partial charge in [0.05, 0.1) is 6.04 Å². The highest BCUT2D eigenvalue weighted by Gasteiger charge is 2.39. The molecule has 5 nitrogen and oxygen atoms in total. The molecule has 1 fully saturated rings. The summed E-state index contributed by atoms with van der Waals surface area (Å²) in [5, 5.41) is 0. The first-order valence-electron chi connectivity index (χ1n) is 6.62. The molecule has 0 aromatic rings. The molecule has 108 valence electrons. The van der Waals surface area contributed by atoms with E-state index in [1.54, 1.807) is 4.90 Å². The van der Waals surface area contributed by atoms with Crippen molar-refractivity contribution in [1.29, 1.82) is 0 Å². The standard InChI is InChI=1S/C14H24N2O3/c1-5-9-19-13(18)10-7-6-8-16(10)12(17)11(15)14(2,3)4/h5,10-11H,1,6-9,15H2,2-4H3/t10-,11-/m1/s1. The van der Waals surface area contributed by atoms with E-state index in [-0.39, 0.29) is 23.9 Å². The number of rotatable bonds is 4. The van der Waals surface area contributed by atoms with Gasteiger partial charge in [-0.2, -0.15) is 0 Å². The lowest BCUT2D eigenvalue weighted by atomic mass is 9.86. The first kappa shape index (κ1) is 15.7. The molecule has 0 bridgehead atoms. The van der Waals surface area contributed by atoms with Crippen molar-refractivity contribution in [2.24, 2.45) is 11.1 Å². The number of ether oxygens (including phenoxy) is 1. The van der Waals surface area contributed by atoms with Crippen molar-refractivity contribution < 1.29 is 14.3 Å². The Kier molecular flexibility index (Phi) is 5.11. The van der Waals surface area contributed by atoms with E-state index >= 15 is 0 Å². The predicted octanol–water partition coefficient (Wildman–Crippen LogP) is 1.08. The van der Waals surface area contributed by atoms with Gasteiger partial charge in [0.2, 0.25) is 5.91 Å². The first-order chi connectivity index (χ1) is 8.79. The van der Waals surface area contributed by atoms with Gasteiger partial charge in [-0.15, -0.1) is 0 Å². The second kappa shape index (κ2) is 6.19. The third-order valence-electron chi connectivity index (χ3n) is 3.35. The molecule has 1 aliphatic heterocycles. The van der Waals surface area contributed by atoms with Crippen molar-refractivity contribution in [2.75, 3.05) is 13.2 Å². The number of hydrogen-bond donors (Lipinski definition) is 1. The third kappa shape index (κ3) is 3.80. The Labute approximate surface area is 114 Å². The molecule has 19 heavy (non-hydrogen) atoms. The Morgan fingerprint density at radius 1 is 1.53 bits per heavy atom. The normalized spacial score (nSPS) is 21.1. The van der Waals surface area contributed by atoms with Gasteiger partial charge in [0, 0.05) is 6.54 Å². The second-order valence-electron chi connectivity index (χ2n) is 5.95. The molecule has 1 heterocycles. The summed E-state index contributed by atoms with van der Waals surface area (Å²) < 4.78 is 5.03. The maximum absolute atomic E-state index is 12.4. The van der Waals surface area contributed by atoms with E-state index in [2.05, 4.69) is 6.58 Å². The lowest BCUT2D eigenvalue weighted by Gasteiger charge is -2.32. The zero-order chi connectivity index (χ0) is 14.6. The molecule has 0 unspecified atom stereocenters. The molecule has 0 spiro atoms. The Morgan fingerprint density at radius 2 is 2.16 bits per heavy atom. The predicted molar refractivity (Wildman–Crippen MR) is 73.3 cm³/mol. The monoisotopic (exact) mass is 268 g/mol. The molecule has 1 rings (SSSR count). The minimum Gasteiger partial charge on any atom is -0.460 e. The number of carbonyl (C=O) groups is 2. The van der Waals surface area contributed by atoms with E-state index in [0.717, 1.165) is 6.42 Å². The summed E-state index contributed by atoms with van der Waals surface area (Å²) in [6.07, 6.45) is 2.95. The first-order valence-corrected chi connectivity index (χ1v) is 6.62. The molecule has 1 saturated heterocycles. The van der Waals surface area contributed by atoms with E-state index in [1.807, 2.05) is 20.8 Å². The molecule has 0 saturated carbocycles. The minimum atomic E-state index is -0.611. The van der Waals surface area contributed by atoms with Gasteiger partial charge in [-0.3, -0.25) is 4.79 Å². The fourth-order valence-corrected chi connectivity index (χ4v) is 2.06. The van der Waals surface area contributed by atoms with Crippen LogP contribution < -0.4 is 5.73 Å². The average Bonchev–Trinajstić information content (AvgIpc) is 2.82. The van der Waals surface area contributed by atoms with Crippen LogP contribution in [0.15, 0.2) is 12.7 Å². The van der Waals surface area contributed by atoms with E-state index in [9.17, 15) is 9.59 Å². The van der Waals surface area contributed by atoms with E-state index in [1.165, 1.54) is 6.08 Å². The fourth-order valence-electron chi connectivity index (χ4n) is 2.06. The van der Waals surface area contributed by atoms with Crippen LogP contribution >= 0.6 is 0 Å². The van der Waals surface area contributed by atoms with Gasteiger partial charge in [0.15, 0.2) is 0 Å². The molecule has 2 N–H and O–H groups in total. The SMILES string of the molecule is C=CCOC(=O)[C@H]1CCCN1C(=O)[C@@H](N)C(C)(C)C. The molecule has 2 atom stereocenters. The lowest BCUT2D eigenvalue weighted by molar-refractivity contribution is -0.153. The van der Waals surface area contributed by atoms with Crippen molar-refractivity contribution in [2.45, 2.75) is 45.7 Å². The maximum Gasteiger partial charge on any atom is 0.329 e. The van der Waals surface area contributed by atoms with Gasteiger partial charge >= 0.3 is 5.97 Å². The fraction of sp³-hybridized carbons (Fsp3) is 0.714. The summed E-state index contributed by atoms with van der Waals surface area (Å²) in [4.78, 5) is 25.8. The van der Waals surface area contributed by atoms with Crippen molar-refractivity contribution in [3.63, 3.8) is 0 Å². The van der Waals surface area contributed by atoms with Crippen molar-refractivity contribution >= 4 is 11.9 Å². The average molecular weight is 268 g/mol. The molecule has 0 aromatic carbocycles. The Morgan fingerprint density at radius 3 is 2.68 bits per heavy atom. The Bertz CT molecular complexity index is 360. The van der Waals surface area contributed by atoms with Crippen LogP contribution in [0.1, 0.15) is 33.6 Å². The smallest absolute Gasteiger partial charge is 0.329 e. The minimum absolute atomic E-state index is 0.169. The zero-order valence-corrected chi connectivity index (χ0v) is 12.0. The van der Waals surface area contributed by atoms with Crippen LogP contribution in [0.3, 0.4) is 0 Å². The van der Waals surface area contributed by atoms with Crippen LogP contribution in [0, 0.1) is 5.41 Å². The zero-order valence-electron chi connectivity index (χ0n) is 12.0. The number of likely N-dealkylation sites (tertiary alicyclic amines) is 1. The van der Waals surface area contributed by atoms with E-state index in [4.69, 9.17) is 10.5 Å². The number of nitrogens with two attached hydrogens (primary N) is 1. The molecule has 0 aromatic heterocycles. The van der Waals surface area contributed by atoms with Crippen molar-refractivity contribution in [3.05, 3.63) is 12.7 Å². The summed E-state index contributed by atoms with van der Waals surface area (Å²) >= 11 is 0. The molecule has 5 heteroatoms. The van der Waals surface area contributed by atoms with Crippen LogP contribution in [-0.2, 0) is 14.3 Å². The molecule has 1 amide bonds. The summed E-state index contributed by atoms with van der Waals surface area (Å²) in [6, 6.07) is -1.11. The number of carbonyl (C=O) groups excluding carboxylic acids is 2. The van der Waals surface area contributed by atoms with Crippen molar-refractivity contribution in [1.82, 2.24) is 4.90 Å². The number of esters is 1. The van der Waals surface area contributed by atoms with Gasteiger partial charge in [0.25, 0.3) is 0 Å². The highest BCUT2D eigenvalue weighted by Crippen LogP contribution is 2.24. The van der Waals surface area contributed by atoms with Gasteiger partial charge in [-0.1, -0.05) is 33.4 Å². The van der Waals surface area contributed by atoms with Crippen molar-refractivity contribution in [3.8, 4) is 0 Å². The largest absolute Gasteiger partial charge is 0.460 e. The third-order valence-corrected chi connectivity index (χ3v) is 3.35. The van der Waals surface area contributed by atoms with Crippen LogP contribution in [-0.4, -0.2) is 42.0 Å². The molecular weight excluding hydrogens is 244 g/mol. The molecule has 0 aliphatic carbocycles. The van der Waals surface area contributed by atoms with Gasteiger partial charge in [-0.25, -0.2) is 4.79 Å². The number of nitrogens with zero attached hydrogens (tertiary/aromatic N) is 1. The molecular formula is C14H24N2O3. The quantitative estimate of drug-likeness (QED) is 0.611. The highest BCUT2D eigenvalue weighted by atomic mass is 16.5. The summed E-state index contributed by atoms with van der Waals surface area (Å²) in [7, 11) is 0. The summed E-state index contributed by atoms with van der Waals surface area (Å²) in [5.74, 6) is -0.544. The molecule has 1 aliphatic rings. The highest BCUT2D eigenvalue weighted by molar-refractivity contribution is 5.88.